The molecule has 2 aliphatic heterocycles. The highest BCUT2D eigenvalue weighted by molar-refractivity contribution is 6.30. The predicted molar refractivity (Wildman–Crippen MR) is 90.3 cm³/mol. The number of nitrogens with one attached hydrogen (secondary N) is 2. The molecule has 0 aliphatic carbocycles. The third-order valence-corrected chi connectivity index (χ3v) is 5.05. The predicted octanol–water partition coefficient (Wildman–Crippen LogP) is 2.74. The number of likely N-dealkylation sites (tertiary alicyclic amines) is 1. The summed E-state index contributed by atoms with van der Waals surface area (Å²) >= 11 is 5.85. The number of carbonyl (C=O) groups is 1. The van der Waals surface area contributed by atoms with Gasteiger partial charge in [-0.05, 0) is 75.5 Å². The number of rotatable bonds is 4. The average Bonchev–Trinajstić information content (AvgIpc) is 3.05. The maximum absolute atomic E-state index is 12.1. The van der Waals surface area contributed by atoms with Crippen LogP contribution in [0.25, 0.3) is 0 Å². The van der Waals surface area contributed by atoms with Gasteiger partial charge in [0, 0.05) is 16.8 Å². The van der Waals surface area contributed by atoms with Gasteiger partial charge in [0.25, 0.3) is 0 Å². The van der Waals surface area contributed by atoms with Gasteiger partial charge in [-0.15, -0.1) is 0 Å². The summed E-state index contributed by atoms with van der Waals surface area (Å²) in [6.07, 6.45) is 5.04. The van der Waals surface area contributed by atoms with Crippen molar-refractivity contribution in [1.82, 2.24) is 10.2 Å². The molecule has 4 nitrogen and oxygen atoms in total. The molecule has 1 unspecified atom stereocenters. The lowest BCUT2D eigenvalue weighted by molar-refractivity contribution is -0.117. The van der Waals surface area contributed by atoms with E-state index in [1.54, 1.807) is 12.1 Å². The molecule has 0 saturated carbocycles. The van der Waals surface area contributed by atoms with Crippen LogP contribution in [-0.2, 0) is 4.79 Å². The van der Waals surface area contributed by atoms with Crippen LogP contribution in [0.15, 0.2) is 24.3 Å². The second-order valence-electron chi connectivity index (χ2n) is 6.37. The number of amides is 1. The number of halogens is 1. The Kier molecular flexibility index (Phi) is 5.34. The average molecular weight is 322 g/mol. The standard InChI is InChI=1S/C17H24ClN3O/c18-14-3-5-15(6-4-14)20-17(22)12-21-10-7-13(8-11-21)16-2-1-9-19-16/h3-6,13,16,19H,1-2,7-12H2,(H,20,22). The van der Waals surface area contributed by atoms with Crippen molar-refractivity contribution >= 4 is 23.2 Å². The van der Waals surface area contributed by atoms with Crippen molar-refractivity contribution < 1.29 is 4.79 Å². The van der Waals surface area contributed by atoms with Crippen LogP contribution in [0, 0.1) is 5.92 Å². The van der Waals surface area contributed by atoms with Gasteiger partial charge in [0.1, 0.15) is 0 Å². The van der Waals surface area contributed by atoms with E-state index in [0.717, 1.165) is 24.7 Å². The van der Waals surface area contributed by atoms with Gasteiger partial charge in [-0.25, -0.2) is 0 Å². The molecule has 2 fully saturated rings. The molecule has 120 valence electrons. The van der Waals surface area contributed by atoms with Gasteiger partial charge < -0.3 is 10.6 Å². The fraction of sp³-hybridized carbons (Fsp3) is 0.588. The maximum Gasteiger partial charge on any atom is 0.238 e. The van der Waals surface area contributed by atoms with Gasteiger partial charge in [0.05, 0.1) is 6.54 Å². The van der Waals surface area contributed by atoms with E-state index in [2.05, 4.69) is 15.5 Å². The van der Waals surface area contributed by atoms with Crippen molar-refractivity contribution in [3.05, 3.63) is 29.3 Å². The SMILES string of the molecule is O=C(CN1CCC(C2CCCN2)CC1)Nc1ccc(Cl)cc1. The second kappa shape index (κ2) is 7.44. The van der Waals surface area contributed by atoms with Gasteiger partial charge in [-0.2, -0.15) is 0 Å². The Bertz CT molecular complexity index is 491. The lowest BCUT2D eigenvalue weighted by atomic mass is 9.88. The van der Waals surface area contributed by atoms with E-state index in [9.17, 15) is 4.79 Å². The Labute approximate surface area is 137 Å². The summed E-state index contributed by atoms with van der Waals surface area (Å²) in [5.74, 6) is 0.845. The Hall–Kier alpha value is -1.10. The highest BCUT2D eigenvalue weighted by Gasteiger charge is 2.28. The number of nitrogens with zero attached hydrogens (tertiary/aromatic N) is 1. The first-order valence-corrected chi connectivity index (χ1v) is 8.59. The van der Waals surface area contributed by atoms with E-state index in [0.29, 0.717) is 17.6 Å². The quantitative estimate of drug-likeness (QED) is 0.896. The molecule has 0 spiro atoms. The molecule has 22 heavy (non-hydrogen) atoms. The molecule has 5 heteroatoms. The normalized spacial score (nSPS) is 23.6. The Balaban J connectivity index is 1.42. The molecule has 3 rings (SSSR count). The van der Waals surface area contributed by atoms with Crippen molar-refractivity contribution in [2.24, 2.45) is 5.92 Å². The number of carbonyl (C=O) groups excluding carboxylic acids is 1. The summed E-state index contributed by atoms with van der Waals surface area (Å²) in [6.45, 7) is 3.70. The molecule has 0 aromatic heterocycles. The fourth-order valence-electron chi connectivity index (χ4n) is 3.56. The second-order valence-corrected chi connectivity index (χ2v) is 6.81. The first kappa shape index (κ1) is 15.8. The van der Waals surface area contributed by atoms with Crippen LogP contribution >= 0.6 is 11.6 Å². The van der Waals surface area contributed by atoms with Crippen LogP contribution in [0.2, 0.25) is 5.02 Å². The molecule has 1 atom stereocenters. The monoisotopic (exact) mass is 321 g/mol. The minimum atomic E-state index is 0.0553. The highest BCUT2D eigenvalue weighted by atomic mass is 35.5. The molecule has 2 aliphatic rings. The molecule has 2 heterocycles. The fourth-order valence-corrected chi connectivity index (χ4v) is 3.69. The molecule has 0 radical (unpaired) electrons. The molecule has 1 aromatic carbocycles. The topological polar surface area (TPSA) is 44.4 Å². The number of benzene rings is 1. The molecule has 2 N–H and O–H groups in total. The molecular formula is C17H24ClN3O. The van der Waals surface area contributed by atoms with Gasteiger partial charge >= 0.3 is 0 Å². The first-order chi connectivity index (χ1) is 10.7. The third kappa shape index (κ3) is 4.22. The highest BCUT2D eigenvalue weighted by Crippen LogP contribution is 2.25. The lowest BCUT2D eigenvalue weighted by Crippen LogP contribution is -2.43. The third-order valence-electron chi connectivity index (χ3n) is 4.79. The zero-order valence-electron chi connectivity index (χ0n) is 12.9. The summed E-state index contributed by atoms with van der Waals surface area (Å²) in [5.41, 5.74) is 0.805. The van der Waals surface area contributed by atoms with E-state index >= 15 is 0 Å². The molecule has 2 saturated heterocycles. The van der Waals surface area contributed by atoms with Gasteiger partial charge in [0.2, 0.25) is 5.91 Å². The van der Waals surface area contributed by atoms with Crippen LogP contribution < -0.4 is 10.6 Å². The summed E-state index contributed by atoms with van der Waals surface area (Å²) in [5, 5.41) is 7.22. The molecule has 0 bridgehead atoms. The van der Waals surface area contributed by atoms with E-state index in [1.807, 2.05) is 12.1 Å². The zero-order chi connectivity index (χ0) is 15.4. The smallest absolute Gasteiger partial charge is 0.238 e. The van der Waals surface area contributed by atoms with Crippen molar-refractivity contribution in [1.29, 1.82) is 0 Å². The van der Waals surface area contributed by atoms with Crippen LogP contribution in [0.3, 0.4) is 0 Å². The summed E-state index contributed by atoms with van der Waals surface area (Å²) in [4.78, 5) is 14.4. The van der Waals surface area contributed by atoms with E-state index in [1.165, 1.54) is 32.2 Å². The van der Waals surface area contributed by atoms with Crippen LogP contribution in [-0.4, -0.2) is 43.0 Å². The van der Waals surface area contributed by atoms with Crippen LogP contribution in [0.1, 0.15) is 25.7 Å². The number of anilines is 1. The van der Waals surface area contributed by atoms with Crippen LogP contribution in [0.5, 0.6) is 0 Å². The molecule has 1 amide bonds. The van der Waals surface area contributed by atoms with Crippen molar-refractivity contribution in [3.8, 4) is 0 Å². The van der Waals surface area contributed by atoms with Gasteiger partial charge in [-0.1, -0.05) is 11.6 Å². The molecular weight excluding hydrogens is 298 g/mol. The Morgan fingerprint density at radius 1 is 1.23 bits per heavy atom. The Morgan fingerprint density at radius 2 is 1.95 bits per heavy atom. The van der Waals surface area contributed by atoms with Crippen molar-refractivity contribution in [2.75, 3.05) is 31.5 Å². The summed E-state index contributed by atoms with van der Waals surface area (Å²) < 4.78 is 0. The van der Waals surface area contributed by atoms with Crippen molar-refractivity contribution in [2.45, 2.75) is 31.7 Å². The minimum Gasteiger partial charge on any atom is -0.325 e. The minimum absolute atomic E-state index is 0.0553. The number of hydrogen-bond acceptors (Lipinski definition) is 3. The van der Waals surface area contributed by atoms with E-state index in [-0.39, 0.29) is 5.91 Å². The van der Waals surface area contributed by atoms with Crippen molar-refractivity contribution in [3.63, 3.8) is 0 Å². The van der Waals surface area contributed by atoms with Crippen LogP contribution in [0.4, 0.5) is 5.69 Å². The van der Waals surface area contributed by atoms with E-state index < -0.39 is 0 Å². The number of piperidine rings is 1. The van der Waals surface area contributed by atoms with E-state index in [4.69, 9.17) is 11.6 Å². The van der Waals surface area contributed by atoms with Gasteiger partial charge in [-0.3, -0.25) is 9.69 Å². The lowest BCUT2D eigenvalue weighted by Gasteiger charge is -2.34. The maximum atomic E-state index is 12.1. The summed E-state index contributed by atoms with van der Waals surface area (Å²) in [6, 6.07) is 7.95. The van der Waals surface area contributed by atoms with Gasteiger partial charge in [0.15, 0.2) is 0 Å². The summed E-state index contributed by atoms with van der Waals surface area (Å²) in [7, 11) is 0. The largest absolute Gasteiger partial charge is 0.325 e. The molecule has 1 aromatic rings. The number of hydrogen-bond donors (Lipinski definition) is 2. The first-order valence-electron chi connectivity index (χ1n) is 8.22. The zero-order valence-corrected chi connectivity index (χ0v) is 13.6. The Morgan fingerprint density at radius 3 is 2.59 bits per heavy atom.